The second kappa shape index (κ2) is 6.55. The van der Waals surface area contributed by atoms with Gasteiger partial charge in [0.25, 0.3) is 0 Å². The van der Waals surface area contributed by atoms with Gasteiger partial charge in [0, 0.05) is 6.04 Å². The summed E-state index contributed by atoms with van der Waals surface area (Å²) in [5.41, 5.74) is 2.02. The third kappa shape index (κ3) is 3.17. The van der Waals surface area contributed by atoms with Crippen molar-refractivity contribution < 1.29 is 18.3 Å². The third-order valence-electron chi connectivity index (χ3n) is 4.40. The number of benzene rings is 2. The average Bonchev–Trinajstić information content (AvgIpc) is 3.29. The lowest BCUT2D eigenvalue weighted by Gasteiger charge is -2.07. The fourth-order valence-corrected chi connectivity index (χ4v) is 4.73. The zero-order valence-electron chi connectivity index (χ0n) is 13.7. The fourth-order valence-electron chi connectivity index (χ4n) is 2.93. The van der Waals surface area contributed by atoms with Crippen molar-refractivity contribution in [1.82, 2.24) is 4.31 Å². The molecule has 3 atom stereocenters. The van der Waals surface area contributed by atoms with E-state index < -0.39 is 10.0 Å². The molecule has 1 fully saturated rings. The Kier molecular flexibility index (Phi) is 4.62. The van der Waals surface area contributed by atoms with Crippen LogP contribution in [-0.2, 0) is 16.4 Å². The molecule has 0 radical (unpaired) electrons. The van der Waals surface area contributed by atoms with Crippen LogP contribution in [0.15, 0.2) is 53.4 Å². The van der Waals surface area contributed by atoms with Crippen LogP contribution in [0.25, 0.3) is 0 Å². The van der Waals surface area contributed by atoms with Gasteiger partial charge in [0.15, 0.2) is 0 Å². The molecular formula is C18H21NO4S. The highest BCUT2D eigenvalue weighted by molar-refractivity contribution is 7.89. The Morgan fingerprint density at radius 3 is 2.21 bits per heavy atom. The maximum atomic E-state index is 12.8. The average molecular weight is 347 g/mol. The van der Waals surface area contributed by atoms with E-state index in [9.17, 15) is 13.5 Å². The lowest BCUT2D eigenvalue weighted by Crippen LogP contribution is -2.17. The highest BCUT2D eigenvalue weighted by atomic mass is 32.2. The van der Waals surface area contributed by atoms with Crippen molar-refractivity contribution in [2.24, 2.45) is 0 Å². The van der Waals surface area contributed by atoms with Crippen molar-refractivity contribution in [3.63, 3.8) is 0 Å². The van der Waals surface area contributed by atoms with E-state index in [1.165, 1.54) is 4.31 Å². The van der Waals surface area contributed by atoms with E-state index in [2.05, 4.69) is 0 Å². The Morgan fingerprint density at radius 2 is 1.67 bits per heavy atom. The van der Waals surface area contributed by atoms with Crippen molar-refractivity contribution in [2.45, 2.75) is 30.3 Å². The number of methoxy groups -OCH3 is 1. The van der Waals surface area contributed by atoms with E-state index in [4.69, 9.17) is 4.74 Å². The molecule has 1 heterocycles. The first kappa shape index (κ1) is 17.0. The number of aliphatic hydroxyl groups excluding tert-OH is 1. The molecule has 0 bridgehead atoms. The molecule has 0 aliphatic carbocycles. The molecule has 1 aliphatic heterocycles. The topological polar surface area (TPSA) is 66.6 Å². The third-order valence-corrected chi connectivity index (χ3v) is 6.36. The van der Waals surface area contributed by atoms with Gasteiger partial charge in [-0.15, -0.1) is 0 Å². The highest BCUT2D eigenvalue weighted by Crippen LogP contribution is 2.37. The zero-order valence-corrected chi connectivity index (χ0v) is 14.5. The summed E-state index contributed by atoms with van der Waals surface area (Å²) in [5, 5.41) is 9.54. The Hall–Kier alpha value is -1.89. The lowest BCUT2D eigenvalue weighted by molar-refractivity contribution is 0.286. The molecule has 0 amide bonds. The number of hydrogen-bond donors (Lipinski definition) is 1. The number of sulfonamides is 1. The Bertz CT molecular complexity index is 800. The minimum atomic E-state index is -3.58. The standard InChI is InChI=1S/C18H21NO4S/c1-13-3-9-16(10-4-13)24(21,22)19-17(18(19)12-20)11-14-5-7-15(23-2)8-6-14/h3-10,17-18,20H,11-12H2,1-2H3/t17-,18-,19?/m1/s1. The van der Waals surface area contributed by atoms with Gasteiger partial charge >= 0.3 is 0 Å². The SMILES string of the molecule is COc1ccc(C[C@@H]2[C@@H](CO)N2S(=O)(=O)c2ccc(C)cc2)cc1. The molecule has 6 heteroatoms. The van der Waals surface area contributed by atoms with Crippen LogP contribution in [0.2, 0.25) is 0 Å². The number of nitrogens with zero attached hydrogens (tertiary/aromatic N) is 1. The monoisotopic (exact) mass is 347 g/mol. The van der Waals surface area contributed by atoms with Gasteiger partial charge in [-0.05, 0) is 43.2 Å². The summed E-state index contributed by atoms with van der Waals surface area (Å²) >= 11 is 0. The first-order chi connectivity index (χ1) is 11.5. The number of rotatable bonds is 6. The van der Waals surface area contributed by atoms with Gasteiger partial charge in [0.2, 0.25) is 10.0 Å². The summed E-state index contributed by atoms with van der Waals surface area (Å²) in [6.45, 7) is 1.74. The largest absolute Gasteiger partial charge is 0.497 e. The summed E-state index contributed by atoms with van der Waals surface area (Å²) in [5.74, 6) is 0.761. The quantitative estimate of drug-likeness (QED) is 0.812. The van der Waals surface area contributed by atoms with Crippen molar-refractivity contribution in [1.29, 1.82) is 0 Å². The van der Waals surface area contributed by atoms with Crippen molar-refractivity contribution in [3.05, 3.63) is 59.7 Å². The van der Waals surface area contributed by atoms with Crippen LogP contribution in [0.5, 0.6) is 5.75 Å². The molecule has 2 aromatic rings. The summed E-state index contributed by atoms with van der Waals surface area (Å²) in [6, 6.07) is 13.8. The molecular weight excluding hydrogens is 326 g/mol. The smallest absolute Gasteiger partial charge is 0.243 e. The summed E-state index contributed by atoms with van der Waals surface area (Å²) < 4.78 is 32.1. The van der Waals surface area contributed by atoms with Crippen LogP contribution in [0, 0.1) is 6.92 Å². The molecule has 0 spiro atoms. The molecule has 0 saturated carbocycles. The minimum Gasteiger partial charge on any atom is -0.497 e. The zero-order chi connectivity index (χ0) is 17.3. The van der Waals surface area contributed by atoms with Crippen LogP contribution in [-0.4, -0.2) is 43.6 Å². The van der Waals surface area contributed by atoms with Gasteiger partial charge in [0.1, 0.15) is 5.75 Å². The van der Waals surface area contributed by atoms with Crippen LogP contribution < -0.4 is 4.74 Å². The molecule has 1 unspecified atom stereocenters. The lowest BCUT2D eigenvalue weighted by atomic mass is 10.1. The molecule has 1 saturated heterocycles. The maximum Gasteiger partial charge on any atom is 0.243 e. The number of hydrogen-bond acceptors (Lipinski definition) is 4. The predicted octanol–water partition coefficient (Wildman–Crippen LogP) is 1.98. The van der Waals surface area contributed by atoms with Crippen LogP contribution >= 0.6 is 0 Å². The first-order valence-corrected chi connectivity index (χ1v) is 9.25. The van der Waals surface area contributed by atoms with Gasteiger partial charge in [-0.25, -0.2) is 8.42 Å². The van der Waals surface area contributed by atoms with Crippen molar-refractivity contribution in [2.75, 3.05) is 13.7 Å². The normalized spacial score (nSPS) is 23.0. The Labute approximate surface area is 142 Å². The molecule has 2 aromatic carbocycles. The summed E-state index contributed by atoms with van der Waals surface area (Å²) in [4.78, 5) is 0.267. The number of aliphatic hydroxyl groups is 1. The van der Waals surface area contributed by atoms with E-state index >= 15 is 0 Å². The van der Waals surface area contributed by atoms with E-state index in [1.54, 1.807) is 31.4 Å². The van der Waals surface area contributed by atoms with E-state index in [-0.39, 0.29) is 23.6 Å². The molecule has 128 valence electrons. The molecule has 1 aliphatic rings. The van der Waals surface area contributed by atoms with E-state index in [0.29, 0.717) is 6.42 Å². The van der Waals surface area contributed by atoms with E-state index in [1.807, 2.05) is 31.2 Å². The number of ether oxygens (including phenoxy) is 1. The molecule has 0 aromatic heterocycles. The predicted molar refractivity (Wildman–Crippen MR) is 91.6 cm³/mol. The van der Waals surface area contributed by atoms with Gasteiger partial charge in [0.05, 0.1) is 24.7 Å². The maximum absolute atomic E-state index is 12.8. The Balaban J connectivity index is 1.79. The van der Waals surface area contributed by atoms with Crippen molar-refractivity contribution >= 4 is 10.0 Å². The summed E-state index contributed by atoms with van der Waals surface area (Å²) in [7, 11) is -1.97. The first-order valence-electron chi connectivity index (χ1n) is 7.81. The number of aryl methyl sites for hydroxylation is 1. The van der Waals surface area contributed by atoms with Crippen molar-refractivity contribution in [3.8, 4) is 5.75 Å². The van der Waals surface area contributed by atoms with Gasteiger partial charge < -0.3 is 9.84 Å². The molecule has 5 nitrogen and oxygen atoms in total. The van der Waals surface area contributed by atoms with Gasteiger partial charge in [-0.2, -0.15) is 4.31 Å². The highest BCUT2D eigenvalue weighted by Gasteiger charge is 2.54. The fraction of sp³-hybridized carbons (Fsp3) is 0.333. The van der Waals surface area contributed by atoms with E-state index in [0.717, 1.165) is 16.9 Å². The van der Waals surface area contributed by atoms with Gasteiger partial charge in [-0.3, -0.25) is 0 Å². The molecule has 24 heavy (non-hydrogen) atoms. The molecule has 1 N–H and O–H groups in total. The van der Waals surface area contributed by atoms with Crippen LogP contribution in [0.4, 0.5) is 0 Å². The van der Waals surface area contributed by atoms with Crippen LogP contribution in [0.1, 0.15) is 11.1 Å². The van der Waals surface area contributed by atoms with Gasteiger partial charge in [-0.1, -0.05) is 29.8 Å². The molecule has 3 rings (SSSR count). The second-order valence-electron chi connectivity index (χ2n) is 6.02. The second-order valence-corrected chi connectivity index (χ2v) is 7.86. The Morgan fingerprint density at radius 1 is 1.04 bits per heavy atom. The summed E-state index contributed by atoms with van der Waals surface area (Å²) in [6.07, 6.45) is 0.570. The minimum absolute atomic E-state index is 0.175. The van der Waals surface area contributed by atoms with Crippen LogP contribution in [0.3, 0.4) is 0 Å².